The zero-order chi connectivity index (χ0) is 34.2. The van der Waals surface area contributed by atoms with Crippen LogP contribution >= 0.6 is 0 Å². The Kier molecular flexibility index (Phi) is 11.1. The lowest BCUT2D eigenvalue weighted by atomic mass is 9.85. The van der Waals surface area contributed by atoms with Crippen LogP contribution in [0.1, 0.15) is 68.7 Å². The molecule has 253 valence electrons. The molecule has 2 aliphatic heterocycles. The van der Waals surface area contributed by atoms with Gasteiger partial charge in [0.25, 0.3) is 0 Å². The predicted molar refractivity (Wildman–Crippen MR) is 180 cm³/mol. The molecular weight excluding hydrogens is 619 g/mol. The van der Waals surface area contributed by atoms with Gasteiger partial charge in [0.15, 0.2) is 14.5 Å². The van der Waals surface area contributed by atoms with Crippen molar-refractivity contribution < 1.29 is 23.7 Å². The fraction of sp³-hybridized carbons (Fsp3) is 0.706. The van der Waals surface area contributed by atoms with Crippen molar-refractivity contribution in [3.63, 3.8) is 0 Å². The van der Waals surface area contributed by atoms with E-state index in [-0.39, 0.29) is 40.8 Å². The minimum absolute atomic E-state index is 0.0154. The average Bonchev–Trinajstić information content (AvgIpc) is 3.22. The van der Waals surface area contributed by atoms with Gasteiger partial charge >= 0.3 is 0 Å². The Balaban J connectivity index is 1.52. The molecule has 1 aromatic rings. The number of fused-ring (bicyclic) bond motifs is 1. The molecule has 3 N–H and O–H groups in total. The molecule has 1 saturated carbocycles. The van der Waals surface area contributed by atoms with Crippen molar-refractivity contribution in [1.82, 2.24) is 20.3 Å². The second-order valence-corrected chi connectivity index (χ2v) is 18.8. The van der Waals surface area contributed by atoms with Gasteiger partial charge in [-0.2, -0.15) is 0 Å². The summed E-state index contributed by atoms with van der Waals surface area (Å²) in [5.41, 5.74) is 0.760. The van der Waals surface area contributed by atoms with Crippen molar-refractivity contribution in [2.24, 2.45) is 28.6 Å². The lowest BCUT2D eigenvalue weighted by Gasteiger charge is -2.41. The van der Waals surface area contributed by atoms with Gasteiger partial charge in [0.05, 0.1) is 24.0 Å². The Bertz CT molecular complexity index is 1350. The highest BCUT2D eigenvalue weighted by molar-refractivity contribution is 7.89. The van der Waals surface area contributed by atoms with E-state index in [0.717, 1.165) is 0 Å². The highest BCUT2D eigenvalue weighted by atomic mass is 32.2. The number of carbonyl (C=O) groups is 3. The number of nitrogens with one attached hydrogen (secondary N) is 3. The number of hydrogen-bond donors (Lipinski definition) is 3. The smallest absolute Gasteiger partial charge is 0.244 e. The fourth-order valence-corrected chi connectivity index (χ4v) is 11.4. The summed E-state index contributed by atoms with van der Waals surface area (Å²) in [4.78, 5) is 42.7. The summed E-state index contributed by atoms with van der Waals surface area (Å²) in [5, 5.41) is 16.5. The molecule has 3 aliphatic rings. The molecule has 0 bridgehead atoms. The SMILES string of the molecule is CCOc1ccccc1[S+]([O-])N[C@H](C(=O)N1CC(C)C2C(C)(C)[C@]2(N[C@H](C)C(=O)C(C)[Si](C#N)C[C@@H]2CCNC2=O)C1)C(C)(C)C. The van der Waals surface area contributed by atoms with Crippen LogP contribution in [0.25, 0.3) is 0 Å². The number of nitrogens with zero attached hydrogens (tertiary/aromatic N) is 2. The monoisotopic (exact) mass is 670 g/mol. The summed E-state index contributed by atoms with van der Waals surface area (Å²) in [7, 11) is -1.75. The van der Waals surface area contributed by atoms with Gasteiger partial charge in [-0.05, 0) is 61.1 Å². The molecule has 1 radical (unpaired) electrons. The quantitative estimate of drug-likeness (QED) is 0.213. The van der Waals surface area contributed by atoms with Gasteiger partial charge in [-0.15, -0.1) is 4.72 Å². The van der Waals surface area contributed by atoms with Crippen molar-refractivity contribution >= 4 is 37.8 Å². The van der Waals surface area contributed by atoms with Gasteiger partial charge in [0, 0.05) is 42.3 Å². The number of Topliss-reactive ketones (excluding diaryl/α,β-unsaturated/α-hetero) is 1. The topological polar surface area (TPSA) is 147 Å². The van der Waals surface area contributed by atoms with Crippen LogP contribution in [-0.4, -0.2) is 79.7 Å². The van der Waals surface area contributed by atoms with E-state index < -0.39 is 48.7 Å². The van der Waals surface area contributed by atoms with Crippen LogP contribution in [0.3, 0.4) is 0 Å². The Morgan fingerprint density at radius 2 is 1.96 bits per heavy atom. The zero-order valence-electron chi connectivity index (χ0n) is 28.9. The van der Waals surface area contributed by atoms with E-state index in [9.17, 15) is 24.2 Å². The fourth-order valence-electron chi connectivity index (χ4n) is 7.96. The maximum absolute atomic E-state index is 14.4. The van der Waals surface area contributed by atoms with Crippen molar-refractivity contribution in [2.75, 3.05) is 26.2 Å². The molecule has 0 aromatic heterocycles. The van der Waals surface area contributed by atoms with Gasteiger partial charge < -0.3 is 19.5 Å². The number of hydrogen-bond acceptors (Lipinski definition) is 8. The third-order valence-electron chi connectivity index (χ3n) is 10.5. The molecule has 4 unspecified atom stereocenters. The summed E-state index contributed by atoms with van der Waals surface area (Å²) in [6.45, 7) is 20.1. The van der Waals surface area contributed by atoms with Crippen LogP contribution in [0, 0.1) is 39.5 Å². The molecule has 1 aliphatic carbocycles. The molecule has 2 saturated heterocycles. The minimum Gasteiger partial charge on any atom is -0.593 e. The van der Waals surface area contributed by atoms with Gasteiger partial charge in [0.2, 0.25) is 16.7 Å². The third kappa shape index (κ3) is 7.04. The van der Waals surface area contributed by atoms with Crippen LogP contribution in [-0.2, 0) is 25.7 Å². The molecular formula is C34H52N5O5SSi. The van der Waals surface area contributed by atoms with Gasteiger partial charge in [0.1, 0.15) is 11.8 Å². The van der Waals surface area contributed by atoms with Crippen LogP contribution < -0.4 is 20.1 Å². The number of nitriles is 1. The maximum Gasteiger partial charge on any atom is 0.244 e. The number of ether oxygens (including phenoxy) is 1. The predicted octanol–water partition coefficient (Wildman–Crippen LogP) is 3.62. The van der Waals surface area contributed by atoms with E-state index in [0.29, 0.717) is 49.4 Å². The zero-order valence-corrected chi connectivity index (χ0v) is 30.7. The minimum atomic E-state index is -1.75. The number of benzene rings is 1. The molecule has 46 heavy (non-hydrogen) atoms. The van der Waals surface area contributed by atoms with E-state index in [1.165, 1.54) is 0 Å². The van der Waals surface area contributed by atoms with E-state index in [1.54, 1.807) is 18.2 Å². The van der Waals surface area contributed by atoms with Crippen molar-refractivity contribution in [3.05, 3.63) is 24.3 Å². The Morgan fingerprint density at radius 3 is 2.54 bits per heavy atom. The summed E-state index contributed by atoms with van der Waals surface area (Å²) < 4.78 is 22.5. The van der Waals surface area contributed by atoms with Crippen LogP contribution in [0.4, 0.5) is 0 Å². The first-order chi connectivity index (χ1) is 21.5. The molecule has 10 nitrogen and oxygen atoms in total. The number of piperidine rings is 1. The summed E-state index contributed by atoms with van der Waals surface area (Å²) in [5.74, 6) is 0.599. The van der Waals surface area contributed by atoms with E-state index in [2.05, 4.69) is 41.8 Å². The lowest BCUT2D eigenvalue weighted by Crippen LogP contribution is -2.62. The lowest BCUT2D eigenvalue weighted by molar-refractivity contribution is -0.138. The molecule has 1 aromatic carbocycles. The molecule has 8 atom stereocenters. The first-order valence-electron chi connectivity index (χ1n) is 16.5. The summed E-state index contributed by atoms with van der Waals surface area (Å²) in [6, 6.07) is 6.37. The van der Waals surface area contributed by atoms with Crippen LogP contribution in [0.5, 0.6) is 5.75 Å². The van der Waals surface area contributed by atoms with Crippen molar-refractivity contribution in [3.8, 4) is 11.4 Å². The largest absolute Gasteiger partial charge is 0.593 e. The number of rotatable bonds is 13. The number of ketones is 1. The maximum atomic E-state index is 14.4. The van der Waals surface area contributed by atoms with Crippen LogP contribution in [0.15, 0.2) is 29.2 Å². The molecule has 12 heteroatoms. The highest BCUT2D eigenvalue weighted by Gasteiger charge is 2.75. The second-order valence-electron chi connectivity index (χ2n) is 15.0. The van der Waals surface area contributed by atoms with Crippen LogP contribution in [0.2, 0.25) is 11.6 Å². The Morgan fingerprint density at radius 1 is 1.28 bits per heavy atom. The Hall–Kier alpha value is -2.43. The van der Waals surface area contributed by atoms with E-state index in [1.807, 2.05) is 52.5 Å². The summed E-state index contributed by atoms with van der Waals surface area (Å²) >= 11 is -1.69. The molecule has 2 amide bonds. The molecule has 2 heterocycles. The standard InChI is InChI=1S/C34H52N5O5SSi/c1-10-44-25-13-11-12-14-26(25)45(43)38-29(32(5,6)7)31(42)39-17-21(2)28-33(8,9)34(28,19-39)37-22(3)27(40)23(4)46(20-35)18-24-15-16-36-30(24)41/h11-14,21-24,28-29,37-38H,10,15-19H2,1-9H3,(H,36,41)/t21?,22-,23?,24+,28?,29-,34+,45?/m1/s1. The van der Waals surface area contributed by atoms with Gasteiger partial charge in [-0.1, -0.05) is 60.6 Å². The first kappa shape index (κ1) is 36.4. The normalized spacial score (nSPS) is 28.0. The number of para-hydroxylation sites is 1. The first-order valence-corrected chi connectivity index (χ1v) is 19.5. The highest BCUT2D eigenvalue weighted by Crippen LogP contribution is 2.67. The van der Waals surface area contributed by atoms with Crippen molar-refractivity contribution in [2.45, 2.75) is 103 Å². The van der Waals surface area contributed by atoms with E-state index in [4.69, 9.17) is 4.74 Å². The summed E-state index contributed by atoms with van der Waals surface area (Å²) in [6.07, 6.45) is 0.709. The van der Waals surface area contributed by atoms with Crippen molar-refractivity contribution in [1.29, 1.82) is 5.26 Å². The van der Waals surface area contributed by atoms with E-state index >= 15 is 0 Å². The third-order valence-corrected chi connectivity index (χ3v) is 14.3. The molecule has 3 fully saturated rings. The molecule has 4 rings (SSSR count). The average molecular weight is 671 g/mol. The molecule has 0 spiro atoms. The van der Waals surface area contributed by atoms with Gasteiger partial charge in [-0.3, -0.25) is 19.7 Å². The number of likely N-dealkylation sites (tertiary alicyclic amines) is 1. The second kappa shape index (κ2) is 14.0. The van der Waals surface area contributed by atoms with Gasteiger partial charge in [-0.25, -0.2) is 5.26 Å². The number of amides is 2. The number of carbonyl (C=O) groups excluding carboxylic acids is 3. The Labute approximate surface area is 279 Å².